The SMILES string of the molecule is N#Cc1ccnc(NCCC(=O)N2CCCCC2)n1. The molecule has 19 heavy (non-hydrogen) atoms. The van der Waals surface area contributed by atoms with Crippen LogP contribution < -0.4 is 5.32 Å². The Bertz CT molecular complexity index is 476. The van der Waals surface area contributed by atoms with Crippen molar-refractivity contribution in [2.24, 2.45) is 0 Å². The van der Waals surface area contributed by atoms with Crippen LogP contribution in [0.4, 0.5) is 5.95 Å². The van der Waals surface area contributed by atoms with Crippen molar-refractivity contribution >= 4 is 11.9 Å². The maximum Gasteiger partial charge on any atom is 0.224 e. The lowest BCUT2D eigenvalue weighted by Gasteiger charge is -2.26. The molecule has 1 N–H and O–H groups in total. The van der Waals surface area contributed by atoms with Gasteiger partial charge in [0.2, 0.25) is 11.9 Å². The molecule has 1 saturated heterocycles. The second-order valence-electron chi connectivity index (χ2n) is 4.50. The fraction of sp³-hybridized carbons (Fsp3) is 0.538. The van der Waals surface area contributed by atoms with Crippen molar-refractivity contribution in [3.8, 4) is 6.07 Å². The Kier molecular flexibility index (Phi) is 4.67. The third kappa shape index (κ3) is 3.91. The number of hydrogen-bond acceptors (Lipinski definition) is 5. The fourth-order valence-corrected chi connectivity index (χ4v) is 2.09. The molecule has 2 rings (SSSR count). The van der Waals surface area contributed by atoms with E-state index in [4.69, 9.17) is 5.26 Å². The van der Waals surface area contributed by atoms with Crippen molar-refractivity contribution in [3.63, 3.8) is 0 Å². The number of likely N-dealkylation sites (tertiary alicyclic amines) is 1. The maximum absolute atomic E-state index is 11.9. The van der Waals surface area contributed by atoms with Gasteiger partial charge < -0.3 is 10.2 Å². The third-order valence-corrected chi connectivity index (χ3v) is 3.10. The zero-order valence-corrected chi connectivity index (χ0v) is 10.8. The van der Waals surface area contributed by atoms with Gasteiger partial charge in [0.25, 0.3) is 0 Å². The molecule has 6 nitrogen and oxygen atoms in total. The number of aromatic nitrogens is 2. The van der Waals surface area contributed by atoms with Crippen LogP contribution in [0.1, 0.15) is 31.4 Å². The molecule has 2 heterocycles. The zero-order valence-electron chi connectivity index (χ0n) is 10.8. The molecule has 1 aromatic heterocycles. The Morgan fingerprint density at radius 1 is 1.42 bits per heavy atom. The number of carbonyl (C=O) groups excluding carboxylic acids is 1. The van der Waals surface area contributed by atoms with E-state index in [0.717, 1.165) is 25.9 Å². The Morgan fingerprint density at radius 3 is 2.95 bits per heavy atom. The summed E-state index contributed by atoms with van der Waals surface area (Å²) in [4.78, 5) is 21.8. The number of amides is 1. The molecule has 0 atom stereocenters. The largest absolute Gasteiger partial charge is 0.354 e. The molecule has 1 aliphatic rings. The van der Waals surface area contributed by atoms with Gasteiger partial charge >= 0.3 is 0 Å². The topological polar surface area (TPSA) is 81.9 Å². The number of hydrogen-bond donors (Lipinski definition) is 1. The fourth-order valence-electron chi connectivity index (χ4n) is 2.09. The van der Waals surface area contributed by atoms with E-state index in [0.29, 0.717) is 24.6 Å². The maximum atomic E-state index is 11.9. The average Bonchev–Trinajstić information content (AvgIpc) is 2.48. The van der Waals surface area contributed by atoms with Gasteiger partial charge in [-0.1, -0.05) is 0 Å². The number of nitriles is 1. The molecule has 0 aromatic carbocycles. The predicted molar refractivity (Wildman–Crippen MR) is 70.3 cm³/mol. The van der Waals surface area contributed by atoms with Crippen molar-refractivity contribution in [1.82, 2.24) is 14.9 Å². The van der Waals surface area contributed by atoms with Crippen LogP contribution in [0.25, 0.3) is 0 Å². The first-order valence-electron chi connectivity index (χ1n) is 6.54. The standard InChI is InChI=1S/C13H17N5O/c14-10-11-4-6-15-13(17-11)16-7-5-12(19)18-8-2-1-3-9-18/h4,6H,1-3,5,7-9H2,(H,15,16,17). The van der Waals surface area contributed by atoms with E-state index < -0.39 is 0 Å². The van der Waals surface area contributed by atoms with E-state index in [-0.39, 0.29) is 5.91 Å². The minimum Gasteiger partial charge on any atom is -0.354 e. The molecule has 1 aromatic rings. The van der Waals surface area contributed by atoms with Gasteiger partial charge in [-0.2, -0.15) is 5.26 Å². The second-order valence-corrected chi connectivity index (χ2v) is 4.50. The van der Waals surface area contributed by atoms with Crippen LogP contribution in [-0.2, 0) is 4.79 Å². The lowest BCUT2D eigenvalue weighted by Crippen LogP contribution is -2.36. The molecular weight excluding hydrogens is 242 g/mol. The monoisotopic (exact) mass is 259 g/mol. The van der Waals surface area contributed by atoms with Crippen molar-refractivity contribution in [3.05, 3.63) is 18.0 Å². The minimum atomic E-state index is 0.170. The van der Waals surface area contributed by atoms with Gasteiger partial charge in [0, 0.05) is 32.3 Å². The first-order chi connectivity index (χ1) is 9.29. The molecular formula is C13H17N5O. The van der Waals surface area contributed by atoms with Crippen LogP contribution in [0, 0.1) is 11.3 Å². The Morgan fingerprint density at radius 2 is 2.21 bits per heavy atom. The summed E-state index contributed by atoms with van der Waals surface area (Å²) in [5.74, 6) is 0.564. The lowest BCUT2D eigenvalue weighted by molar-refractivity contribution is -0.131. The summed E-state index contributed by atoms with van der Waals surface area (Å²) in [7, 11) is 0. The molecule has 6 heteroatoms. The number of nitrogens with one attached hydrogen (secondary N) is 1. The second kappa shape index (κ2) is 6.69. The number of rotatable bonds is 4. The molecule has 0 saturated carbocycles. The molecule has 0 unspecified atom stereocenters. The molecule has 0 aliphatic carbocycles. The molecule has 0 bridgehead atoms. The van der Waals surface area contributed by atoms with Gasteiger partial charge in [-0.25, -0.2) is 9.97 Å². The molecule has 0 spiro atoms. The lowest BCUT2D eigenvalue weighted by atomic mass is 10.1. The quantitative estimate of drug-likeness (QED) is 0.877. The number of nitrogens with zero attached hydrogens (tertiary/aromatic N) is 4. The Balaban J connectivity index is 1.76. The third-order valence-electron chi connectivity index (χ3n) is 3.10. The number of piperidine rings is 1. The number of anilines is 1. The smallest absolute Gasteiger partial charge is 0.224 e. The van der Waals surface area contributed by atoms with Crippen LogP contribution in [0.15, 0.2) is 12.3 Å². The van der Waals surface area contributed by atoms with Crippen molar-refractivity contribution in [2.45, 2.75) is 25.7 Å². The highest BCUT2D eigenvalue weighted by atomic mass is 16.2. The first-order valence-corrected chi connectivity index (χ1v) is 6.54. The van der Waals surface area contributed by atoms with Crippen LogP contribution in [-0.4, -0.2) is 40.4 Å². The van der Waals surface area contributed by atoms with Gasteiger partial charge in [0.15, 0.2) is 0 Å². The van der Waals surface area contributed by atoms with E-state index in [2.05, 4.69) is 15.3 Å². The van der Waals surface area contributed by atoms with Gasteiger partial charge in [0.05, 0.1) is 0 Å². The first kappa shape index (κ1) is 13.3. The van der Waals surface area contributed by atoms with Crippen molar-refractivity contribution < 1.29 is 4.79 Å². The molecule has 100 valence electrons. The van der Waals surface area contributed by atoms with Crippen LogP contribution in [0.5, 0.6) is 0 Å². The van der Waals surface area contributed by atoms with Crippen molar-refractivity contribution in [2.75, 3.05) is 25.0 Å². The summed E-state index contributed by atoms with van der Waals surface area (Å²) in [5.41, 5.74) is 0.319. The molecule has 1 amide bonds. The normalized spacial score (nSPS) is 14.8. The highest BCUT2D eigenvalue weighted by Crippen LogP contribution is 2.09. The minimum absolute atomic E-state index is 0.170. The highest BCUT2D eigenvalue weighted by Gasteiger charge is 2.15. The van der Waals surface area contributed by atoms with Crippen LogP contribution in [0.2, 0.25) is 0 Å². The Labute approximate surface area is 112 Å². The highest BCUT2D eigenvalue weighted by molar-refractivity contribution is 5.76. The van der Waals surface area contributed by atoms with Gasteiger partial charge in [0.1, 0.15) is 11.8 Å². The number of carbonyl (C=O) groups is 1. The van der Waals surface area contributed by atoms with E-state index in [9.17, 15) is 4.79 Å². The average molecular weight is 259 g/mol. The van der Waals surface area contributed by atoms with Crippen LogP contribution in [0.3, 0.4) is 0 Å². The van der Waals surface area contributed by atoms with Gasteiger partial charge in [-0.05, 0) is 25.3 Å². The zero-order chi connectivity index (χ0) is 13.5. The van der Waals surface area contributed by atoms with E-state index >= 15 is 0 Å². The summed E-state index contributed by atoms with van der Waals surface area (Å²) in [5, 5.41) is 11.7. The van der Waals surface area contributed by atoms with Crippen LogP contribution >= 0.6 is 0 Å². The van der Waals surface area contributed by atoms with Crippen molar-refractivity contribution in [1.29, 1.82) is 5.26 Å². The Hall–Kier alpha value is -2.16. The summed E-state index contributed by atoms with van der Waals surface area (Å²) in [6, 6.07) is 3.50. The summed E-state index contributed by atoms with van der Waals surface area (Å²) >= 11 is 0. The van der Waals surface area contributed by atoms with Gasteiger partial charge in [-0.15, -0.1) is 0 Å². The van der Waals surface area contributed by atoms with E-state index in [1.54, 1.807) is 6.07 Å². The summed E-state index contributed by atoms with van der Waals surface area (Å²) < 4.78 is 0. The predicted octanol–water partition coefficient (Wildman–Crippen LogP) is 1.16. The van der Waals surface area contributed by atoms with E-state index in [1.165, 1.54) is 12.6 Å². The summed E-state index contributed by atoms with van der Waals surface area (Å²) in [6.45, 7) is 2.24. The van der Waals surface area contributed by atoms with Gasteiger partial charge in [-0.3, -0.25) is 4.79 Å². The molecule has 1 fully saturated rings. The molecule has 0 radical (unpaired) electrons. The van der Waals surface area contributed by atoms with E-state index in [1.807, 2.05) is 11.0 Å². The molecule has 1 aliphatic heterocycles. The summed E-state index contributed by atoms with van der Waals surface area (Å²) in [6.07, 6.45) is 5.39.